The maximum Gasteiger partial charge on any atom is 0.343 e. The number of rotatable bonds is 5. The van der Waals surface area contributed by atoms with Gasteiger partial charge in [-0.2, -0.15) is 0 Å². The van der Waals surface area contributed by atoms with Gasteiger partial charge in [0, 0.05) is 12.2 Å². The van der Waals surface area contributed by atoms with E-state index < -0.39 is 11.7 Å². The molecule has 0 bridgehead atoms. The van der Waals surface area contributed by atoms with Gasteiger partial charge in [-0.25, -0.2) is 14.3 Å². The van der Waals surface area contributed by atoms with E-state index in [1.54, 1.807) is 6.92 Å². The van der Waals surface area contributed by atoms with Gasteiger partial charge in [-0.1, -0.05) is 11.8 Å². The summed E-state index contributed by atoms with van der Waals surface area (Å²) in [6.45, 7) is 2.24. The largest absolute Gasteiger partial charge is 0.399 e. The third-order valence-corrected chi connectivity index (χ3v) is 3.61. The Balaban J connectivity index is 1.99. The highest BCUT2D eigenvalue weighted by Crippen LogP contribution is 2.19. The Morgan fingerprint density at radius 3 is 3.05 bits per heavy atom. The van der Waals surface area contributed by atoms with Crippen molar-refractivity contribution in [2.75, 3.05) is 16.8 Å². The summed E-state index contributed by atoms with van der Waals surface area (Å²) in [7, 11) is 0. The van der Waals surface area contributed by atoms with E-state index >= 15 is 0 Å². The summed E-state index contributed by atoms with van der Waals surface area (Å²) in [6, 6.07) is 3.93. The Labute approximate surface area is 123 Å². The van der Waals surface area contributed by atoms with Gasteiger partial charge in [0.25, 0.3) is 0 Å². The van der Waals surface area contributed by atoms with Crippen LogP contribution in [-0.4, -0.2) is 26.4 Å². The number of nitrogens with zero attached hydrogens (tertiary/aromatic N) is 2. The van der Waals surface area contributed by atoms with Crippen molar-refractivity contribution in [1.29, 1.82) is 0 Å². The number of aromatic nitrogens is 3. The number of carbonyl (C=O) groups excluding carboxylic acids is 1. The zero-order valence-corrected chi connectivity index (χ0v) is 12.0. The van der Waals surface area contributed by atoms with Crippen LogP contribution in [0.5, 0.6) is 0 Å². The number of H-pyrrole nitrogens is 1. The SMILES string of the molecule is CCn1c(SCC(=O)Nc2cc(N)ccc2F)n[nH]c1=O. The molecule has 0 aliphatic carbocycles. The summed E-state index contributed by atoms with van der Waals surface area (Å²) in [6.07, 6.45) is 0. The van der Waals surface area contributed by atoms with Gasteiger partial charge in [0.05, 0.1) is 11.4 Å². The number of carbonyl (C=O) groups is 1. The van der Waals surface area contributed by atoms with E-state index in [-0.39, 0.29) is 17.1 Å². The fourth-order valence-electron chi connectivity index (χ4n) is 1.65. The number of thioether (sulfide) groups is 1. The van der Waals surface area contributed by atoms with Crippen LogP contribution in [-0.2, 0) is 11.3 Å². The number of hydrogen-bond donors (Lipinski definition) is 3. The Morgan fingerprint density at radius 2 is 2.33 bits per heavy atom. The molecule has 9 heteroatoms. The molecule has 1 aromatic carbocycles. The van der Waals surface area contributed by atoms with E-state index in [1.165, 1.54) is 22.8 Å². The Bertz CT molecular complexity index is 712. The number of nitrogens with two attached hydrogens (primary N) is 1. The molecule has 21 heavy (non-hydrogen) atoms. The normalized spacial score (nSPS) is 10.6. The first kappa shape index (κ1) is 15.1. The zero-order chi connectivity index (χ0) is 15.4. The number of anilines is 2. The lowest BCUT2D eigenvalue weighted by molar-refractivity contribution is -0.113. The second-order valence-corrected chi connectivity index (χ2v) is 5.07. The molecule has 1 aromatic heterocycles. The number of halogens is 1. The molecule has 0 fully saturated rings. The molecule has 112 valence electrons. The minimum Gasteiger partial charge on any atom is -0.399 e. The summed E-state index contributed by atoms with van der Waals surface area (Å²) in [5.41, 5.74) is 5.58. The zero-order valence-electron chi connectivity index (χ0n) is 11.2. The summed E-state index contributed by atoms with van der Waals surface area (Å²) in [4.78, 5) is 23.1. The van der Waals surface area contributed by atoms with Gasteiger partial charge >= 0.3 is 5.69 Å². The van der Waals surface area contributed by atoms with Crippen molar-refractivity contribution in [3.05, 3.63) is 34.5 Å². The van der Waals surface area contributed by atoms with Gasteiger partial charge in [-0.05, 0) is 25.1 Å². The third-order valence-electron chi connectivity index (χ3n) is 2.64. The molecule has 7 nitrogen and oxygen atoms in total. The lowest BCUT2D eigenvalue weighted by Gasteiger charge is -2.07. The number of amides is 1. The van der Waals surface area contributed by atoms with Gasteiger partial charge < -0.3 is 11.1 Å². The number of aromatic amines is 1. The van der Waals surface area contributed by atoms with Crippen LogP contribution < -0.4 is 16.7 Å². The van der Waals surface area contributed by atoms with Gasteiger partial charge in [0.15, 0.2) is 5.16 Å². The van der Waals surface area contributed by atoms with Crippen LogP contribution in [0.3, 0.4) is 0 Å². The first-order valence-electron chi connectivity index (χ1n) is 6.14. The molecule has 1 heterocycles. The van der Waals surface area contributed by atoms with E-state index in [4.69, 9.17) is 5.73 Å². The second-order valence-electron chi connectivity index (χ2n) is 4.13. The molecule has 0 unspecified atom stereocenters. The van der Waals surface area contributed by atoms with E-state index in [1.807, 2.05) is 0 Å². The maximum absolute atomic E-state index is 13.5. The van der Waals surface area contributed by atoms with Crippen molar-refractivity contribution in [3.63, 3.8) is 0 Å². The van der Waals surface area contributed by atoms with Gasteiger partial charge in [0.2, 0.25) is 5.91 Å². The standard InChI is InChI=1S/C12H14FN5O2S/c1-2-18-11(20)16-17-12(18)21-6-10(19)15-9-5-7(14)3-4-8(9)13/h3-5H,2,6,14H2,1H3,(H,15,19)(H,16,20). The lowest BCUT2D eigenvalue weighted by Crippen LogP contribution is -2.18. The minimum atomic E-state index is -0.562. The summed E-state index contributed by atoms with van der Waals surface area (Å²) < 4.78 is 14.9. The van der Waals surface area contributed by atoms with Crippen LogP contribution in [0.2, 0.25) is 0 Å². The Hall–Kier alpha value is -2.29. The highest BCUT2D eigenvalue weighted by atomic mass is 32.2. The predicted molar refractivity (Wildman–Crippen MR) is 78.7 cm³/mol. The molecule has 0 aliphatic rings. The fraction of sp³-hybridized carbons (Fsp3) is 0.250. The van der Waals surface area contributed by atoms with Crippen LogP contribution >= 0.6 is 11.8 Å². The molecule has 0 aliphatic heterocycles. The number of hydrogen-bond acceptors (Lipinski definition) is 5. The minimum absolute atomic E-state index is 0.00146. The third kappa shape index (κ3) is 3.63. The van der Waals surface area contributed by atoms with Crippen molar-refractivity contribution >= 4 is 29.0 Å². The van der Waals surface area contributed by atoms with Gasteiger partial charge in [0.1, 0.15) is 5.82 Å². The van der Waals surface area contributed by atoms with E-state index in [9.17, 15) is 14.0 Å². The van der Waals surface area contributed by atoms with Crippen LogP contribution in [0.4, 0.5) is 15.8 Å². The van der Waals surface area contributed by atoms with Gasteiger partial charge in [-0.15, -0.1) is 5.10 Å². The topological polar surface area (TPSA) is 106 Å². The first-order valence-corrected chi connectivity index (χ1v) is 7.12. The van der Waals surface area contributed by atoms with Crippen molar-refractivity contribution in [3.8, 4) is 0 Å². The Kier molecular flexibility index (Phi) is 4.63. The molecule has 4 N–H and O–H groups in total. The molecule has 0 spiro atoms. The molecule has 0 radical (unpaired) electrons. The van der Waals surface area contributed by atoms with E-state index in [0.717, 1.165) is 11.8 Å². The van der Waals surface area contributed by atoms with E-state index in [0.29, 0.717) is 17.4 Å². The predicted octanol–water partition coefficient (Wildman–Crippen LogP) is 1.04. The molecular formula is C12H14FN5O2S. The highest BCUT2D eigenvalue weighted by Gasteiger charge is 2.12. The molecule has 1 amide bonds. The fourth-order valence-corrected chi connectivity index (χ4v) is 2.46. The quantitative estimate of drug-likeness (QED) is 0.565. The van der Waals surface area contributed by atoms with Crippen LogP contribution in [0, 0.1) is 5.82 Å². The van der Waals surface area contributed by atoms with E-state index in [2.05, 4.69) is 15.5 Å². The van der Waals surface area contributed by atoms with Crippen LogP contribution in [0.25, 0.3) is 0 Å². The second kappa shape index (κ2) is 6.44. The summed E-state index contributed by atoms with van der Waals surface area (Å²) in [5, 5.41) is 8.95. The summed E-state index contributed by atoms with van der Waals surface area (Å²) in [5.74, 6) is -0.978. The molecule has 2 rings (SSSR count). The molecule has 0 atom stereocenters. The average molecular weight is 311 g/mol. The number of nitrogens with one attached hydrogen (secondary N) is 2. The number of nitrogen functional groups attached to an aromatic ring is 1. The van der Waals surface area contributed by atoms with Gasteiger partial charge in [-0.3, -0.25) is 9.36 Å². The first-order chi connectivity index (χ1) is 10.0. The average Bonchev–Trinajstić information content (AvgIpc) is 2.81. The van der Waals surface area contributed by atoms with Crippen LogP contribution in [0.15, 0.2) is 28.2 Å². The molecule has 0 saturated heterocycles. The monoisotopic (exact) mass is 311 g/mol. The van der Waals surface area contributed by atoms with Crippen molar-refractivity contribution in [1.82, 2.24) is 14.8 Å². The van der Waals surface area contributed by atoms with Crippen LogP contribution in [0.1, 0.15) is 6.92 Å². The molecular weight excluding hydrogens is 297 g/mol. The van der Waals surface area contributed by atoms with Crippen molar-refractivity contribution in [2.24, 2.45) is 0 Å². The van der Waals surface area contributed by atoms with Crippen molar-refractivity contribution in [2.45, 2.75) is 18.6 Å². The smallest absolute Gasteiger partial charge is 0.343 e. The maximum atomic E-state index is 13.5. The highest BCUT2D eigenvalue weighted by molar-refractivity contribution is 7.99. The lowest BCUT2D eigenvalue weighted by atomic mass is 10.2. The number of benzene rings is 1. The van der Waals surface area contributed by atoms with Crippen molar-refractivity contribution < 1.29 is 9.18 Å². The molecule has 0 saturated carbocycles. The molecule has 2 aromatic rings. The Morgan fingerprint density at radius 1 is 1.57 bits per heavy atom. The summed E-state index contributed by atoms with van der Waals surface area (Å²) >= 11 is 1.08.